The number of hydrogen-bond donors (Lipinski definition) is 4. The van der Waals surface area contributed by atoms with E-state index in [-0.39, 0.29) is 0 Å². The predicted octanol–water partition coefficient (Wildman–Crippen LogP) is -1.20. The van der Waals surface area contributed by atoms with Crippen molar-refractivity contribution in [1.29, 1.82) is 0 Å². The zero-order valence-electron chi connectivity index (χ0n) is 6.73. The van der Waals surface area contributed by atoms with Gasteiger partial charge in [-0.2, -0.15) is 5.10 Å². The van der Waals surface area contributed by atoms with Gasteiger partial charge in [-0.3, -0.25) is 4.79 Å². The number of nitrogens with two attached hydrogens (primary N) is 3. The first-order chi connectivity index (χ1) is 5.57. The highest BCUT2D eigenvalue weighted by Crippen LogP contribution is 1.98. The summed E-state index contributed by atoms with van der Waals surface area (Å²) in [6.45, 7) is 0. The molecule has 0 aliphatic heterocycles. The van der Waals surface area contributed by atoms with Gasteiger partial charge in [-0.05, 0) is 12.8 Å². The molecule has 0 rings (SSSR count). The van der Waals surface area contributed by atoms with Gasteiger partial charge in [-0.1, -0.05) is 0 Å². The smallest absolute Gasteiger partial charge is 0.320 e. The van der Waals surface area contributed by atoms with Crippen LogP contribution >= 0.6 is 0 Å². The van der Waals surface area contributed by atoms with Crippen molar-refractivity contribution < 1.29 is 9.90 Å². The van der Waals surface area contributed by atoms with Gasteiger partial charge in [0.1, 0.15) is 11.9 Å². The molecule has 0 bridgehead atoms. The Labute approximate surface area is 70.4 Å². The standard InChI is InChI=1S/C6H14N4O2/c7-4(6(11)12)2-1-3-5(8)10-9/h4H,1-3,7,9H2,(H2,8,10)(H,11,12). The Kier molecular flexibility index (Phi) is 4.78. The Morgan fingerprint density at radius 2 is 2.17 bits per heavy atom. The van der Waals surface area contributed by atoms with Crippen LogP contribution in [-0.2, 0) is 4.79 Å². The average Bonchev–Trinajstić information content (AvgIpc) is 2.03. The highest BCUT2D eigenvalue weighted by molar-refractivity contribution is 5.80. The van der Waals surface area contributed by atoms with Gasteiger partial charge in [0, 0.05) is 6.42 Å². The molecule has 0 aromatic rings. The molecule has 7 N–H and O–H groups in total. The lowest BCUT2D eigenvalue weighted by molar-refractivity contribution is -0.138. The number of rotatable bonds is 5. The molecule has 0 aliphatic carbocycles. The molecule has 6 nitrogen and oxygen atoms in total. The van der Waals surface area contributed by atoms with Crippen molar-refractivity contribution in [1.82, 2.24) is 0 Å². The Morgan fingerprint density at radius 3 is 2.58 bits per heavy atom. The quantitative estimate of drug-likeness (QED) is 0.180. The maximum Gasteiger partial charge on any atom is 0.320 e. The van der Waals surface area contributed by atoms with Gasteiger partial charge in [0.25, 0.3) is 0 Å². The van der Waals surface area contributed by atoms with Gasteiger partial charge in [0.15, 0.2) is 0 Å². The van der Waals surface area contributed by atoms with Crippen molar-refractivity contribution >= 4 is 11.8 Å². The van der Waals surface area contributed by atoms with Crippen molar-refractivity contribution in [2.24, 2.45) is 22.4 Å². The zero-order valence-corrected chi connectivity index (χ0v) is 6.73. The van der Waals surface area contributed by atoms with Crippen LogP contribution in [-0.4, -0.2) is 23.0 Å². The Balaban J connectivity index is 3.50. The number of nitrogens with zero attached hydrogens (tertiary/aromatic N) is 1. The van der Waals surface area contributed by atoms with E-state index in [0.717, 1.165) is 0 Å². The van der Waals surface area contributed by atoms with Crippen molar-refractivity contribution in [2.45, 2.75) is 25.3 Å². The van der Waals surface area contributed by atoms with Crippen molar-refractivity contribution in [3.63, 3.8) is 0 Å². The number of amidine groups is 1. The fraction of sp³-hybridized carbons (Fsp3) is 0.667. The van der Waals surface area contributed by atoms with E-state index in [4.69, 9.17) is 22.4 Å². The lowest BCUT2D eigenvalue weighted by Gasteiger charge is -2.04. The molecule has 0 fully saturated rings. The minimum absolute atomic E-state index is 0.313. The number of carbonyl (C=O) groups is 1. The normalized spacial score (nSPS) is 14.2. The number of carboxylic acids is 1. The van der Waals surface area contributed by atoms with Crippen LogP contribution in [0.1, 0.15) is 19.3 Å². The summed E-state index contributed by atoms with van der Waals surface area (Å²) in [6.07, 6.45) is 1.45. The predicted molar refractivity (Wildman–Crippen MR) is 45.3 cm³/mol. The van der Waals surface area contributed by atoms with Crippen LogP contribution in [0.3, 0.4) is 0 Å². The van der Waals surface area contributed by atoms with Crippen LogP contribution in [0.15, 0.2) is 5.10 Å². The molecule has 12 heavy (non-hydrogen) atoms. The number of aliphatic carboxylic acids is 1. The van der Waals surface area contributed by atoms with Crippen molar-refractivity contribution in [3.8, 4) is 0 Å². The largest absolute Gasteiger partial charge is 0.480 e. The molecule has 1 atom stereocenters. The molecule has 0 spiro atoms. The summed E-state index contributed by atoms with van der Waals surface area (Å²) in [4.78, 5) is 10.2. The summed E-state index contributed by atoms with van der Waals surface area (Å²) in [5.74, 6) is 4.18. The number of carboxylic acid groups (broad SMARTS) is 1. The second-order valence-corrected chi connectivity index (χ2v) is 2.46. The van der Waals surface area contributed by atoms with E-state index in [1.165, 1.54) is 0 Å². The second kappa shape index (κ2) is 5.36. The third-order valence-electron chi connectivity index (χ3n) is 1.43. The molecule has 0 radical (unpaired) electrons. The van der Waals surface area contributed by atoms with Crippen molar-refractivity contribution in [2.75, 3.05) is 0 Å². The summed E-state index contributed by atoms with van der Waals surface area (Å²) in [5, 5.41) is 11.6. The van der Waals surface area contributed by atoms with Crippen LogP contribution < -0.4 is 17.3 Å². The van der Waals surface area contributed by atoms with E-state index in [9.17, 15) is 4.79 Å². The Bertz CT molecular complexity index is 180. The third-order valence-corrected chi connectivity index (χ3v) is 1.43. The first kappa shape index (κ1) is 10.7. The molecule has 0 aromatic carbocycles. The molecular weight excluding hydrogens is 160 g/mol. The monoisotopic (exact) mass is 174 g/mol. The van der Waals surface area contributed by atoms with E-state index in [0.29, 0.717) is 25.1 Å². The molecule has 0 amide bonds. The Morgan fingerprint density at radius 1 is 1.58 bits per heavy atom. The van der Waals surface area contributed by atoms with Crippen molar-refractivity contribution in [3.05, 3.63) is 0 Å². The average molecular weight is 174 g/mol. The highest BCUT2D eigenvalue weighted by atomic mass is 16.4. The first-order valence-corrected chi connectivity index (χ1v) is 3.58. The lowest BCUT2D eigenvalue weighted by Crippen LogP contribution is -2.30. The van der Waals surface area contributed by atoms with Gasteiger partial charge < -0.3 is 22.4 Å². The summed E-state index contributed by atoms with van der Waals surface area (Å²) < 4.78 is 0. The molecule has 0 heterocycles. The summed E-state index contributed by atoms with van der Waals surface area (Å²) >= 11 is 0. The molecule has 0 aliphatic rings. The minimum Gasteiger partial charge on any atom is -0.480 e. The summed E-state index contributed by atoms with van der Waals surface area (Å²) in [7, 11) is 0. The minimum atomic E-state index is -1.00. The SMILES string of the molecule is NN=C(N)CCCC(N)C(=O)O. The topological polar surface area (TPSA) is 128 Å². The van der Waals surface area contributed by atoms with Crippen LogP contribution in [0.2, 0.25) is 0 Å². The molecule has 0 saturated heterocycles. The van der Waals surface area contributed by atoms with Gasteiger partial charge in [0.2, 0.25) is 0 Å². The molecular formula is C6H14N4O2. The molecule has 1 unspecified atom stereocenters. The maximum atomic E-state index is 10.2. The third kappa shape index (κ3) is 4.51. The van der Waals surface area contributed by atoms with E-state index >= 15 is 0 Å². The molecule has 70 valence electrons. The fourth-order valence-electron chi connectivity index (χ4n) is 0.691. The van der Waals surface area contributed by atoms with Gasteiger partial charge in [0.05, 0.1) is 0 Å². The molecule has 0 saturated carbocycles. The van der Waals surface area contributed by atoms with Gasteiger partial charge >= 0.3 is 5.97 Å². The number of hydrogen-bond acceptors (Lipinski definition) is 4. The first-order valence-electron chi connectivity index (χ1n) is 3.58. The van der Waals surface area contributed by atoms with Crippen LogP contribution in [0.25, 0.3) is 0 Å². The fourth-order valence-corrected chi connectivity index (χ4v) is 0.691. The van der Waals surface area contributed by atoms with Gasteiger partial charge in [-0.15, -0.1) is 0 Å². The van der Waals surface area contributed by atoms with E-state index in [2.05, 4.69) is 5.10 Å². The second-order valence-electron chi connectivity index (χ2n) is 2.46. The van der Waals surface area contributed by atoms with E-state index in [1.54, 1.807) is 0 Å². The van der Waals surface area contributed by atoms with Gasteiger partial charge in [-0.25, -0.2) is 0 Å². The maximum absolute atomic E-state index is 10.2. The Hall–Kier alpha value is -1.30. The summed E-state index contributed by atoms with van der Waals surface area (Å²) in [6, 6.07) is -0.824. The van der Waals surface area contributed by atoms with Crippen LogP contribution in [0.4, 0.5) is 0 Å². The molecule has 6 heteroatoms. The van der Waals surface area contributed by atoms with Crippen LogP contribution in [0, 0.1) is 0 Å². The summed E-state index contributed by atoms with van der Waals surface area (Å²) in [5.41, 5.74) is 10.5. The van der Waals surface area contributed by atoms with Crippen LogP contribution in [0.5, 0.6) is 0 Å². The number of hydrazone groups is 1. The highest BCUT2D eigenvalue weighted by Gasteiger charge is 2.10. The van der Waals surface area contributed by atoms with E-state index < -0.39 is 12.0 Å². The van der Waals surface area contributed by atoms with E-state index in [1.807, 2.05) is 0 Å². The lowest BCUT2D eigenvalue weighted by atomic mass is 10.1. The molecule has 0 aromatic heterocycles. The zero-order chi connectivity index (χ0) is 9.56.